The molecule has 0 amide bonds. The summed E-state index contributed by atoms with van der Waals surface area (Å²) in [6, 6.07) is 18.0. The van der Waals surface area contributed by atoms with Gasteiger partial charge in [-0.25, -0.2) is 9.50 Å². The van der Waals surface area contributed by atoms with E-state index in [0.717, 1.165) is 22.7 Å². The van der Waals surface area contributed by atoms with E-state index in [1.54, 1.807) is 18.6 Å². The van der Waals surface area contributed by atoms with E-state index in [1.165, 1.54) is 5.56 Å². The van der Waals surface area contributed by atoms with Crippen LogP contribution in [0.25, 0.3) is 16.9 Å². The Morgan fingerprint density at radius 1 is 0.870 bits per heavy atom. The second kappa shape index (κ2) is 5.88. The number of pyridine rings is 1. The summed E-state index contributed by atoms with van der Waals surface area (Å²) in [5, 5.41) is 7.85. The molecule has 0 aliphatic heterocycles. The lowest BCUT2D eigenvalue weighted by Crippen LogP contribution is -2.01. The largest absolute Gasteiger partial charge is 0.364 e. The Kier molecular flexibility index (Phi) is 3.44. The van der Waals surface area contributed by atoms with Crippen LogP contribution >= 0.6 is 0 Å². The standard InChI is InChI=1S/C18H15N5/c1-2-5-14(6-3-1)13-20-18-17(15-8-11-19-12-9-15)23-16(22-18)7-4-10-21-23/h1-12,20H,13H2. The first kappa shape index (κ1) is 13.5. The molecule has 0 radical (unpaired) electrons. The molecule has 3 aromatic heterocycles. The zero-order valence-electron chi connectivity index (χ0n) is 12.4. The van der Waals surface area contributed by atoms with Gasteiger partial charge in [0.1, 0.15) is 5.69 Å². The van der Waals surface area contributed by atoms with E-state index in [0.29, 0.717) is 6.54 Å². The molecule has 1 aromatic carbocycles. The zero-order valence-corrected chi connectivity index (χ0v) is 12.4. The highest BCUT2D eigenvalue weighted by Gasteiger charge is 2.14. The van der Waals surface area contributed by atoms with Crippen molar-refractivity contribution in [3.05, 3.63) is 78.8 Å². The monoisotopic (exact) mass is 301 g/mol. The van der Waals surface area contributed by atoms with E-state index in [9.17, 15) is 0 Å². The van der Waals surface area contributed by atoms with E-state index in [-0.39, 0.29) is 0 Å². The van der Waals surface area contributed by atoms with Crippen molar-refractivity contribution in [3.63, 3.8) is 0 Å². The van der Waals surface area contributed by atoms with Gasteiger partial charge < -0.3 is 5.32 Å². The van der Waals surface area contributed by atoms with Crippen LogP contribution in [-0.4, -0.2) is 19.6 Å². The fourth-order valence-corrected chi connectivity index (χ4v) is 2.56. The van der Waals surface area contributed by atoms with Crippen molar-refractivity contribution in [1.82, 2.24) is 19.6 Å². The van der Waals surface area contributed by atoms with Crippen molar-refractivity contribution in [1.29, 1.82) is 0 Å². The molecule has 0 saturated carbocycles. The Morgan fingerprint density at radius 2 is 1.70 bits per heavy atom. The molecule has 0 aliphatic rings. The van der Waals surface area contributed by atoms with Crippen LogP contribution in [0.2, 0.25) is 0 Å². The highest BCUT2D eigenvalue weighted by Crippen LogP contribution is 2.28. The summed E-state index contributed by atoms with van der Waals surface area (Å²) < 4.78 is 1.85. The first-order chi connectivity index (χ1) is 11.4. The molecule has 0 spiro atoms. The van der Waals surface area contributed by atoms with Crippen molar-refractivity contribution >= 4 is 11.5 Å². The first-order valence-corrected chi connectivity index (χ1v) is 7.44. The number of hydrogen-bond acceptors (Lipinski definition) is 4. The predicted octanol–water partition coefficient (Wildman–Crippen LogP) is 3.40. The Labute approximate surface area is 133 Å². The van der Waals surface area contributed by atoms with E-state index in [2.05, 4.69) is 32.5 Å². The molecule has 0 unspecified atom stereocenters. The van der Waals surface area contributed by atoms with Crippen LogP contribution < -0.4 is 5.32 Å². The maximum Gasteiger partial charge on any atom is 0.156 e. The van der Waals surface area contributed by atoms with Gasteiger partial charge >= 0.3 is 0 Å². The van der Waals surface area contributed by atoms with Crippen LogP contribution in [0.15, 0.2) is 73.2 Å². The summed E-state index contributed by atoms with van der Waals surface area (Å²) in [4.78, 5) is 8.76. The third-order valence-corrected chi connectivity index (χ3v) is 3.65. The maximum absolute atomic E-state index is 4.67. The Bertz CT molecular complexity index is 916. The Morgan fingerprint density at radius 3 is 2.52 bits per heavy atom. The third-order valence-electron chi connectivity index (χ3n) is 3.65. The van der Waals surface area contributed by atoms with E-state index in [4.69, 9.17) is 0 Å². The quantitative estimate of drug-likeness (QED) is 0.627. The summed E-state index contributed by atoms with van der Waals surface area (Å²) in [6.45, 7) is 0.711. The van der Waals surface area contributed by atoms with Gasteiger partial charge in [0.05, 0.1) is 0 Å². The minimum absolute atomic E-state index is 0.711. The van der Waals surface area contributed by atoms with Crippen LogP contribution in [0, 0.1) is 0 Å². The van der Waals surface area contributed by atoms with Crippen molar-refractivity contribution in [2.75, 3.05) is 5.32 Å². The first-order valence-electron chi connectivity index (χ1n) is 7.44. The van der Waals surface area contributed by atoms with Gasteiger partial charge in [-0.2, -0.15) is 5.10 Å². The molecule has 0 fully saturated rings. The molecule has 4 rings (SSSR count). The second-order valence-corrected chi connectivity index (χ2v) is 5.18. The van der Waals surface area contributed by atoms with Crippen LogP contribution in [0.4, 0.5) is 5.82 Å². The van der Waals surface area contributed by atoms with E-state index >= 15 is 0 Å². The lowest BCUT2D eigenvalue weighted by molar-refractivity contribution is 0.942. The SMILES string of the molecule is c1ccc(CNc2nc3cccnn3c2-c2ccncc2)cc1. The number of nitrogens with one attached hydrogen (secondary N) is 1. The van der Waals surface area contributed by atoms with Crippen molar-refractivity contribution in [2.24, 2.45) is 0 Å². The summed E-state index contributed by atoms with van der Waals surface area (Å²) >= 11 is 0. The number of hydrogen-bond donors (Lipinski definition) is 1. The molecule has 4 aromatic rings. The van der Waals surface area contributed by atoms with Gasteiger partial charge in [-0.1, -0.05) is 30.3 Å². The molecule has 1 N–H and O–H groups in total. The average molecular weight is 301 g/mol. The summed E-state index contributed by atoms with van der Waals surface area (Å²) in [7, 11) is 0. The molecular weight excluding hydrogens is 286 g/mol. The summed E-state index contributed by atoms with van der Waals surface area (Å²) in [5.74, 6) is 0.818. The minimum Gasteiger partial charge on any atom is -0.364 e. The fourth-order valence-electron chi connectivity index (χ4n) is 2.56. The van der Waals surface area contributed by atoms with Crippen molar-refractivity contribution in [3.8, 4) is 11.3 Å². The number of fused-ring (bicyclic) bond motifs is 1. The minimum atomic E-state index is 0.711. The van der Waals surface area contributed by atoms with Crippen molar-refractivity contribution < 1.29 is 0 Å². The van der Waals surface area contributed by atoms with Gasteiger partial charge in [-0.15, -0.1) is 0 Å². The molecule has 0 bridgehead atoms. The predicted molar refractivity (Wildman–Crippen MR) is 90.0 cm³/mol. The molecule has 0 saturated heterocycles. The number of benzene rings is 1. The number of anilines is 1. The average Bonchev–Trinajstić information content (AvgIpc) is 3.00. The molecule has 3 heterocycles. The van der Waals surface area contributed by atoms with Crippen molar-refractivity contribution in [2.45, 2.75) is 6.54 Å². The second-order valence-electron chi connectivity index (χ2n) is 5.18. The number of imidazole rings is 1. The van der Waals surface area contributed by atoms with Gasteiger partial charge in [0.25, 0.3) is 0 Å². The van der Waals surface area contributed by atoms with E-state index < -0.39 is 0 Å². The summed E-state index contributed by atoms with van der Waals surface area (Å²) in [5.41, 5.74) is 3.99. The number of aromatic nitrogens is 4. The highest BCUT2D eigenvalue weighted by molar-refractivity contribution is 5.75. The van der Waals surface area contributed by atoms with Crippen LogP contribution in [0.5, 0.6) is 0 Å². The molecule has 0 aliphatic carbocycles. The Hall–Kier alpha value is -3.21. The molecule has 0 atom stereocenters. The van der Waals surface area contributed by atoms with Crippen LogP contribution in [0.3, 0.4) is 0 Å². The van der Waals surface area contributed by atoms with Crippen LogP contribution in [-0.2, 0) is 6.54 Å². The molecule has 23 heavy (non-hydrogen) atoms. The van der Waals surface area contributed by atoms with Crippen LogP contribution in [0.1, 0.15) is 5.56 Å². The smallest absolute Gasteiger partial charge is 0.156 e. The molecule has 5 nitrogen and oxygen atoms in total. The number of nitrogens with zero attached hydrogens (tertiary/aromatic N) is 4. The molecule has 112 valence electrons. The molecular formula is C18H15N5. The van der Waals surface area contributed by atoms with Gasteiger partial charge in [0, 0.05) is 30.7 Å². The summed E-state index contributed by atoms with van der Waals surface area (Å²) in [6.07, 6.45) is 5.32. The lowest BCUT2D eigenvalue weighted by atomic mass is 10.2. The van der Waals surface area contributed by atoms with E-state index in [1.807, 2.05) is 47.0 Å². The third kappa shape index (κ3) is 2.64. The normalized spacial score (nSPS) is 10.8. The van der Waals surface area contributed by atoms with Gasteiger partial charge in [0.15, 0.2) is 11.5 Å². The Balaban J connectivity index is 1.76. The van der Waals surface area contributed by atoms with Gasteiger partial charge in [0.2, 0.25) is 0 Å². The topological polar surface area (TPSA) is 55.1 Å². The maximum atomic E-state index is 4.67. The number of rotatable bonds is 4. The van der Waals surface area contributed by atoms with Gasteiger partial charge in [-0.3, -0.25) is 4.98 Å². The van der Waals surface area contributed by atoms with Gasteiger partial charge in [-0.05, 0) is 29.8 Å². The fraction of sp³-hybridized carbons (Fsp3) is 0.0556. The zero-order chi connectivity index (χ0) is 15.5. The highest BCUT2D eigenvalue weighted by atomic mass is 15.3. The lowest BCUT2D eigenvalue weighted by Gasteiger charge is -2.07. The molecule has 5 heteroatoms.